The Morgan fingerprint density at radius 1 is 1.17 bits per heavy atom. The highest BCUT2D eigenvalue weighted by Gasteiger charge is 2.40. The van der Waals surface area contributed by atoms with Crippen LogP contribution in [0.4, 0.5) is 5.69 Å². The minimum atomic E-state index is -0.406. The van der Waals surface area contributed by atoms with E-state index in [2.05, 4.69) is 24.0 Å². The Kier molecular flexibility index (Phi) is 5.18. The average molecular weight is 318 g/mol. The van der Waals surface area contributed by atoms with E-state index in [0.29, 0.717) is 19.6 Å². The summed E-state index contributed by atoms with van der Waals surface area (Å²) in [4.78, 5) is 16.7. The Labute approximate surface area is 138 Å². The summed E-state index contributed by atoms with van der Waals surface area (Å²) < 4.78 is 11.4. The van der Waals surface area contributed by atoms with Gasteiger partial charge in [0.15, 0.2) is 5.79 Å². The number of hydrogen-bond donors (Lipinski definition) is 0. The Hall–Kier alpha value is -1.59. The molecule has 0 radical (unpaired) electrons. The molecule has 2 fully saturated rings. The molecular formula is C18H26N2O3. The van der Waals surface area contributed by atoms with Crippen molar-refractivity contribution in [1.29, 1.82) is 0 Å². The van der Waals surface area contributed by atoms with E-state index in [-0.39, 0.29) is 5.91 Å². The Morgan fingerprint density at radius 2 is 1.83 bits per heavy atom. The molecule has 0 aliphatic carbocycles. The number of hydrogen-bond acceptors (Lipinski definition) is 4. The van der Waals surface area contributed by atoms with Crippen LogP contribution in [0.15, 0.2) is 30.3 Å². The molecule has 126 valence electrons. The minimum absolute atomic E-state index is 0.229. The topological polar surface area (TPSA) is 42.0 Å². The first kappa shape index (κ1) is 16.3. The largest absolute Gasteiger partial charge is 0.371 e. The number of likely N-dealkylation sites (tertiary alicyclic amines) is 1. The van der Waals surface area contributed by atoms with Gasteiger partial charge in [-0.15, -0.1) is 0 Å². The van der Waals surface area contributed by atoms with Gasteiger partial charge in [-0.2, -0.15) is 0 Å². The van der Waals surface area contributed by atoms with Gasteiger partial charge < -0.3 is 19.3 Å². The highest BCUT2D eigenvalue weighted by Crippen LogP contribution is 2.31. The normalized spacial score (nSPS) is 20.0. The van der Waals surface area contributed by atoms with E-state index < -0.39 is 5.79 Å². The van der Waals surface area contributed by atoms with Gasteiger partial charge in [0.05, 0.1) is 13.2 Å². The SMILES string of the molecule is CCN(CCC(=O)N1CCC2(CC1)OCCO2)c1ccccc1. The molecule has 0 N–H and O–H groups in total. The van der Waals surface area contributed by atoms with Crippen LogP contribution in [0.25, 0.3) is 0 Å². The van der Waals surface area contributed by atoms with E-state index in [1.807, 2.05) is 23.1 Å². The highest BCUT2D eigenvalue weighted by atomic mass is 16.7. The second kappa shape index (κ2) is 7.32. The molecule has 2 saturated heterocycles. The van der Waals surface area contributed by atoms with Crippen LogP contribution in [0.1, 0.15) is 26.2 Å². The lowest BCUT2D eigenvalue weighted by Gasteiger charge is -2.37. The molecule has 0 unspecified atom stereocenters. The molecule has 5 nitrogen and oxygen atoms in total. The lowest BCUT2D eigenvalue weighted by molar-refractivity contribution is -0.187. The van der Waals surface area contributed by atoms with Gasteiger partial charge in [0.2, 0.25) is 5.91 Å². The second-order valence-corrected chi connectivity index (χ2v) is 6.15. The predicted molar refractivity (Wildman–Crippen MR) is 89.4 cm³/mol. The summed E-state index contributed by atoms with van der Waals surface area (Å²) in [6.07, 6.45) is 2.13. The quantitative estimate of drug-likeness (QED) is 0.835. The molecule has 0 saturated carbocycles. The van der Waals surface area contributed by atoms with Crippen molar-refractivity contribution in [2.45, 2.75) is 32.0 Å². The average Bonchev–Trinajstić information content (AvgIpc) is 3.05. The van der Waals surface area contributed by atoms with E-state index in [9.17, 15) is 4.79 Å². The standard InChI is InChI=1S/C18H26N2O3/c1-2-19(16-6-4-3-5-7-16)11-8-17(21)20-12-9-18(10-13-20)22-14-15-23-18/h3-7H,2,8-15H2,1H3. The number of piperidine rings is 1. The molecule has 0 atom stereocenters. The zero-order valence-electron chi connectivity index (χ0n) is 13.9. The maximum absolute atomic E-state index is 12.5. The Bertz CT molecular complexity index is 504. The summed E-state index contributed by atoms with van der Waals surface area (Å²) >= 11 is 0. The number of benzene rings is 1. The van der Waals surface area contributed by atoms with Crippen molar-refractivity contribution in [3.63, 3.8) is 0 Å². The molecule has 1 amide bonds. The van der Waals surface area contributed by atoms with Crippen molar-refractivity contribution in [3.8, 4) is 0 Å². The Morgan fingerprint density at radius 3 is 2.43 bits per heavy atom. The van der Waals surface area contributed by atoms with Crippen LogP contribution >= 0.6 is 0 Å². The number of anilines is 1. The second-order valence-electron chi connectivity index (χ2n) is 6.15. The zero-order chi connectivity index (χ0) is 16.1. The first-order valence-electron chi connectivity index (χ1n) is 8.58. The third-order valence-electron chi connectivity index (χ3n) is 4.79. The summed E-state index contributed by atoms with van der Waals surface area (Å²) in [6.45, 7) is 6.60. The number of carbonyl (C=O) groups is 1. The number of para-hydroxylation sites is 1. The molecule has 1 aromatic carbocycles. The number of carbonyl (C=O) groups excluding carboxylic acids is 1. The number of ether oxygens (including phenoxy) is 2. The van der Waals surface area contributed by atoms with Gasteiger partial charge in [0.25, 0.3) is 0 Å². The third-order valence-corrected chi connectivity index (χ3v) is 4.79. The lowest BCUT2D eigenvalue weighted by atomic mass is 10.0. The molecular weight excluding hydrogens is 292 g/mol. The summed E-state index contributed by atoms with van der Waals surface area (Å²) in [5.41, 5.74) is 1.17. The predicted octanol–water partition coefficient (Wildman–Crippen LogP) is 2.27. The van der Waals surface area contributed by atoms with Gasteiger partial charge in [-0.1, -0.05) is 18.2 Å². The number of amides is 1. The summed E-state index contributed by atoms with van der Waals surface area (Å²) in [5.74, 6) is -0.178. The molecule has 0 aromatic heterocycles. The van der Waals surface area contributed by atoms with E-state index in [0.717, 1.165) is 39.0 Å². The number of rotatable bonds is 5. The fraction of sp³-hybridized carbons (Fsp3) is 0.611. The van der Waals surface area contributed by atoms with Crippen molar-refractivity contribution in [3.05, 3.63) is 30.3 Å². The van der Waals surface area contributed by atoms with Crippen LogP contribution in [-0.4, -0.2) is 56.0 Å². The molecule has 3 rings (SSSR count). The first-order valence-corrected chi connectivity index (χ1v) is 8.58. The third kappa shape index (κ3) is 3.85. The van der Waals surface area contributed by atoms with Crippen molar-refractivity contribution >= 4 is 11.6 Å². The van der Waals surface area contributed by atoms with Gasteiger partial charge in [0, 0.05) is 51.1 Å². The fourth-order valence-electron chi connectivity index (χ4n) is 3.38. The van der Waals surface area contributed by atoms with Crippen LogP contribution in [0.2, 0.25) is 0 Å². The first-order chi connectivity index (χ1) is 11.2. The summed E-state index contributed by atoms with van der Waals surface area (Å²) in [7, 11) is 0. The van der Waals surface area contributed by atoms with E-state index >= 15 is 0 Å². The monoisotopic (exact) mass is 318 g/mol. The fourth-order valence-corrected chi connectivity index (χ4v) is 3.38. The van der Waals surface area contributed by atoms with Gasteiger partial charge in [-0.25, -0.2) is 0 Å². The van der Waals surface area contributed by atoms with Crippen molar-refractivity contribution in [1.82, 2.24) is 4.90 Å². The minimum Gasteiger partial charge on any atom is -0.371 e. The smallest absolute Gasteiger partial charge is 0.224 e. The molecule has 2 aliphatic rings. The summed E-state index contributed by atoms with van der Waals surface area (Å²) in [6, 6.07) is 10.3. The van der Waals surface area contributed by atoms with E-state index in [1.54, 1.807) is 0 Å². The maximum atomic E-state index is 12.5. The van der Waals surface area contributed by atoms with Crippen LogP contribution in [-0.2, 0) is 14.3 Å². The van der Waals surface area contributed by atoms with Gasteiger partial charge in [0.1, 0.15) is 0 Å². The lowest BCUT2D eigenvalue weighted by Crippen LogP contribution is -2.47. The van der Waals surface area contributed by atoms with Crippen molar-refractivity contribution < 1.29 is 14.3 Å². The Balaban J connectivity index is 1.48. The highest BCUT2D eigenvalue weighted by molar-refractivity contribution is 5.77. The van der Waals surface area contributed by atoms with Crippen LogP contribution in [0, 0.1) is 0 Å². The van der Waals surface area contributed by atoms with Crippen LogP contribution < -0.4 is 4.90 Å². The van der Waals surface area contributed by atoms with E-state index in [4.69, 9.17) is 9.47 Å². The maximum Gasteiger partial charge on any atom is 0.224 e. The molecule has 2 aliphatic heterocycles. The van der Waals surface area contributed by atoms with Crippen molar-refractivity contribution in [2.75, 3.05) is 44.3 Å². The van der Waals surface area contributed by atoms with Gasteiger partial charge in [-0.05, 0) is 19.1 Å². The van der Waals surface area contributed by atoms with E-state index in [1.165, 1.54) is 5.69 Å². The molecule has 1 spiro atoms. The summed E-state index contributed by atoms with van der Waals surface area (Å²) in [5, 5.41) is 0. The van der Waals surface area contributed by atoms with Crippen molar-refractivity contribution in [2.24, 2.45) is 0 Å². The number of nitrogens with zero attached hydrogens (tertiary/aromatic N) is 2. The zero-order valence-corrected chi connectivity index (χ0v) is 13.9. The molecule has 1 aromatic rings. The molecule has 5 heteroatoms. The van der Waals surface area contributed by atoms with Gasteiger partial charge >= 0.3 is 0 Å². The van der Waals surface area contributed by atoms with Crippen LogP contribution in [0.5, 0.6) is 0 Å². The molecule has 0 bridgehead atoms. The van der Waals surface area contributed by atoms with Gasteiger partial charge in [-0.3, -0.25) is 4.79 Å². The molecule has 2 heterocycles. The van der Waals surface area contributed by atoms with Crippen LogP contribution in [0.3, 0.4) is 0 Å². The molecule has 23 heavy (non-hydrogen) atoms.